The minimum Gasteiger partial charge on any atom is -0.357 e. The lowest BCUT2D eigenvalue weighted by molar-refractivity contribution is -0.137. The van der Waals surface area contributed by atoms with Crippen molar-refractivity contribution in [2.75, 3.05) is 13.6 Å². The second kappa shape index (κ2) is 8.63. The predicted molar refractivity (Wildman–Crippen MR) is 101 cm³/mol. The van der Waals surface area contributed by atoms with E-state index in [4.69, 9.17) is 0 Å². The molecule has 2 heterocycles. The molecule has 1 N–H and O–H groups in total. The van der Waals surface area contributed by atoms with E-state index in [9.17, 15) is 31.5 Å². The van der Waals surface area contributed by atoms with Crippen molar-refractivity contribution in [3.63, 3.8) is 0 Å². The molecule has 0 spiro atoms. The first-order valence-corrected chi connectivity index (χ1v) is 9.42. The van der Waals surface area contributed by atoms with Crippen molar-refractivity contribution < 1.29 is 31.5 Å². The van der Waals surface area contributed by atoms with Crippen LogP contribution in [-0.4, -0.2) is 62.5 Å². The van der Waals surface area contributed by atoms with Gasteiger partial charge < -0.3 is 10.2 Å². The average Bonchev–Trinajstić information content (AvgIpc) is 3.27. The Morgan fingerprint density at radius 2 is 2.03 bits per heavy atom. The number of likely N-dealkylation sites (N-methyl/N-ethyl adjacent to an activating group) is 1. The molecule has 3 rings (SSSR count). The molecule has 2 aromatic rings. The highest BCUT2D eigenvalue weighted by molar-refractivity contribution is 5.96. The van der Waals surface area contributed by atoms with Crippen LogP contribution in [0.25, 0.3) is 6.08 Å². The molecule has 1 atom stereocenters. The fraction of sp³-hybridized carbons (Fsp3) is 0.421. The molecule has 13 heteroatoms. The monoisotopic (exact) mass is 458 g/mol. The summed E-state index contributed by atoms with van der Waals surface area (Å²) in [6, 6.07) is 1.53. The zero-order valence-corrected chi connectivity index (χ0v) is 17.0. The van der Waals surface area contributed by atoms with E-state index in [1.165, 1.54) is 13.1 Å². The Bertz CT molecular complexity index is 1050. The molecule has 172 valence electrons. The first-order chi connectivity index (χ1) is 14.9. The van der Waals surface area contributed by atoms with Crippen molar-refractivity contribution in [3.05, 3.63) is 46.8 Å². The van der Waals surface area contributed by atoms with Crippen LogP contribution in [0, 0.1) is 6.92 Å². The normalized spacial score (nSPS) is 18.3. The maximum Gasteiger partial charge on any atom is 0.416 e. The second-order valence-electron chi connectivity index (χ2n) is 7.27. The Hall–Kier alpha value is -3.38. The number of aryl methyl sites for hydroxylation is 1. The van der Waals surface area contributed by atoms with Gasteiger partial charge in [0.25, 0.3) is 5.92 Å². The average molecular weight is 458 g/mol. The first-order valence-electron chi connectivity index (χ1n) is 9.42. The SMILES string of the molecule is CNC(=O)C1CC(F)(F)CN1C(=O)C=Cc1ccc(C(F)(F)F)cc1Cn1nnc(C)n1. The molecule has 1 unspecified atom stereocenters. The Labute approximate surface area is 179 Å². The molecule has 0 radical (unpaired) electrons. The molecule has 1 aromatic carbocycles. The molecule has 2 amide bonds. The van der Waals surface area contributed by atoms with E-state index in [0.717, 1.165) is 34.0 Å². The van der Waals surface area contributed by atoms with Gasteiger partial charge in [0.15, 0.2) is 5.82 Å². The van der Waals surface area contributed by atoms with Crippen LogP contribution < -0.4 is 5.32 Å². The molecule has 1 aliphatic rings. The van der Waals surface area contributed by atoms with Crippen LogP contribution in [0.1, 0.15) is 28.9 Å². The van der Waals surface area contributed by atoms with Gasteiger partial charge in [-0.15, -0.1) is 10.2 Å². The number of tetrazole rings is 1. The van der Waals surface area contributed by atoms with Crippen LogP contribution in [0.5, 0.6) is 0 Å². The van der Waals surface area contributed by atoms with Crippen molar-refractivity contribution >= 4 is 17.9 Å². The number of aromatic nitrogens is 4. The topological polar surface area (TPSA) is 93.0 Å². The van der Waals surface area contributed by atoms with Crippen LogP contribution in [0.2, 0.25) is 0 Å². The van der Waals surface area contributed by atoms with Gasteiger partial charge in [-0.2, -0.15) is 18.0 Å². The first kappa shape index (κ1) is 23.3. The van der Waals surface area contributed by atoms with Gasteiger partial charge in [0.05, 0.1) is 18.7 Å². The summed E-state index contributed by atoms with van der Waals surface area (Å²) in [7, 11) is 1.27. The van der Waals surface area contributed by atoms with E-state index >= 15 is 0 Å². The summed E-state index contributed by atoms with van der Waals surface area (Å²) >= 11 is 0. The van der Waals surface area contributed by atoms with Gasteiger partial charge >= 0.3 is 6.18 Å². The van der Waals surface area contributed by atoms with Crippen LogP contribution >= 0.6 is 0 Å². The van der Waals surface area contributed by atoms with E-state index in [2.05, 4.69) is 20.7 Å². The molecular weight excluding hydrogens is 439 g/mol. The van der Waals surface area contributed by atoms with E-state index in [0.29, 0.717) is 5.82 Å². The molecular formula is C19H19F5N6O2. The van der Waals surface area contributed by atoms with Gasteiger partial charge in [-0.25, -0.2) is 8.78 Å². The van der Waals surface area contributed by atoms with Crippen LogP contribution in [0.15, 0.2) is 24.3 Å². The molecule has 0 saturated carbocycles. The summed E-state index contributed by atoms with van der Waals surface area (Å²) in [5.41, 5.74) is -0.550. The third-order valence-electron chi connectivity index (χ3n) is 4.84. The molecule has 0 aliphatic carbocycles. The lowest BCUT2D eigenvalue weighted by Crippen LogP contribution is -2.44. The van der Waals surface area contributed by atoms with Crippen LogP contribution in [-0.2, 0) is 22.3 Å². The Morgan fingerprint density at radius 1 is 1.31 bits per heavy atom. The van der Waals surface area contributed by atoms with Gasteiger partial charge in [0.1, 0.15) is 6.04 Å². The highest BCUT2D eigenvalue weighted by Gasteiger charge is 2.49. The summed E-state index contributed by atoms with van der Waals surface area (Å²) in [5.74, 6) is -4.50. The zero-order chi connectivity index (χ0) is 23.7. The fourth-order valence-corrected chi connectivity index (χ4v) is 3.33. The molecule has 1 fully saturated rings. The van der Waals surface area contributed by atoms with Gasteiger partial charge in [-0.1, -0.05) is 6.07 Å². The van der Waals surface area contributed by atoms with E-state index in [-0.39, 0.29) is 17.7 Å². The number of carbonyl (C=O) groups excluding carboxylic acids is 2. The summed E-state index contributed by atoms with van der Waals surface area (Å²) in [6.07, 6.45) is -3.25. The summed E-state index contributed by atoms with van der Waals surface area (Å²) in [6.45, 7) is 0.460. The van der Waals surface area contributed by atoms with E-state index in [1.807, 2.05) is 0 Å². The summed E-state index contributed by atoms with van der Waals surface area (Å²) < 4.78 is 67.0. The van der Waals surface area contributed by atoms with Gasteiger partial charge in [-0.05, 0) is 41.5 Å². The summed E-state index contributed by atoms with van der Waals surface area (Å²) in [5, 5.41) is 13.6. The van der Waals surface area contributed by atoms with Crippen molar-refractivity contribution in [1.82, 2.24) is 30.4 Å². The number of hydrogen-bond acceptors (Lipinski definition) is 5. The van der Waals surface area contributed by atoms with Crippen molar-refractivity contribution in [1.29, 1.82) is 0 Å². The fourth-order valence-electron chi connectivity index (χ4n) is 3.33. The predicted octanol–water partition coefficient (Wildman–Crippen LogP) is 2.04. The highest BCUT2D eigenvalue weighted by Crippen LogP contribution is 2.33. The lowest BCUT2D eigenvalue weighted by Gasteiger charge is -2.21. The molecule has 32 heavy (non-hydrogen) atoms. The van der Waals surface area contributed by atoms with Crippen molar-refractivity contribution in [3.8, 4) is 0 Å². The number of carbonyl (C=O) groups is 2. The smallest absolute Gasteiger partial charge is 0.357 e. The molecule has 0 bridgehead atoms. The van der Waals surface area contributed by atoms with E-state index < -0.39 is 48.5 Å². The van der Waals surface area contributed by atoms with Crippen LogP contribution in [0.4, 0.5) is 22.0 Å². The summed E-state index contributed by atoms with van der Waals surface area (Å²) in [4.78, 5) is 26.3. The van der Waals surface area contributed by atoms with Crippen molar-refractivity contribution in [2.45, 2.75) is 38.0 Å². The van der Waals surface area contributed by atoms with Gasteiger partial charge in [0.2, 0.25) is 11.8 Å². The highest BCUT2D eigenvalue weighted by atomic mass is 19.4. The molecule has 1 aromatic heterocycles. The molecule has 8 nitrogen and oxygen atoms in total. The second-order valence-corrected chi connectivity index (χ2v) is 7.27. The lowest BCUT2D eigenvalue weighted by atomic mass is 10.0. The Balaban J connectivity index is 1.89. The minimum atomic E-state index is -4.60. The quantitative estimate of drug-likeness (QED) is 0.547. The Kier molecular flexibility index (Phi) is 6.28. The van der Waals surface area contributed by atoms with Gasteiger partial charge in [-0.3, -0.25) is 9.59 Å². The number of benzene rings is 1. The van der Waals surface area contributed by atoms with Gasteiger partial charge in [0, 0.05) is 19.5 Å². The maximum absolute atomic E-state index is 13.8. The van der Waals surface area contributed by atoms with E-state index in [1.54, 1.807) is 6.92 Å². The third-order valence-corrected chi connectivity index (χ3v) is 4.84. The molecule has 1 saturated heterocycles. The number of likely N-dealkylation sites (tertiary alicyclic amines) is 1. The van der Waals surface area contributed by atoms with Crippen LogP contribution in [0.3, 0.4) is 0 Å². The number of alkyl halides is 5. The zero-order valence-electron chi connectivity index (χ0n) is 17.0. The molecule has 1 aliphatic heterocycles. The Morgan fingerprint density at radius 3 is 2.62 bits per heavy atom. The number of rotatable bonds is 5. The number of nitrogens with zero attached hydrogens (tertiary/aromatic N) is 5. The standard InChI is InChI=1S/C19H19F5N6O2/c1-11-26-28-30(27-11)9-13-7-14(19(22,23)24)5-3-12(13)4-6-16(31)29-10-18(20,21)8-15(29)17(32)25-2/h3-7,15H,8-10H2,1-2H3,(H,25,32). The third kappa shape index (κ3) is 5.26. The largest absolute Gasteiger partial charge is 0.416 e. The maximum atomic E-state index is 13.8. The number of hydrogen-bond donors (Lipinski definition) is 1. The van der Waals surface area contributed by atoms with Crippen molar-refractivity contribution in [2.24, 2.45) is 0 Å². The minimum absolute atomic E-state index is 0.135. The number of amides is 2. The number of halogens is 5. The number of nitrogens with one attached hydrogen (secondary N) is 1.